The van der Waals surface area contributed by atoms with E-state index in [1.54, 1.807) is 0 Å². The third kappa shape index (κ3) is 2.96. The first-order chi connectivity index (χ1) is 8.58. The van der Waals surface area contributed by atoms with Crippen LogP contribution in [0.2, 0.25) is 0 Å². The van der Waals surface area contributed by atoms with Crippen molar-refractivity contribution < 1.29 is 0 Å². The van der Waals surface area contributed by atoms with Gasteiger partial charge >= 0.3 is 0 Å². The molecule has 3 heteroatoms. The molecule has 0 bridgehead atoms. The summed E-state index contributed by atoms with van der Waals surface area (Å²) in [6.45, 7) is 7.57. The molecule has 0 radical (unpaired) electrons. The molecule has 1 aliphatic rings. The van der Waals surface area contributed by atoms with E-state index in [0.29, 0.717) is 5.92 Å². The smallest absolute Gasteiger partial charge is 0.0605 e. The molecule has 0 saturated carbocycles. The van der Waals surface area contributed by atoms with Crippen LogP contribution in [-0.2, 0) is 0 Å². The van der Waals surface area contributed by atoms with Crippen molar-refractivity contribution in [3.05, 3.63) is 24.3 Å². The van der Waals surface area contributed by atoms with Crippen LogP contribution in [0.25, 0.3) is 0 Å². The molecule has 1 heterocycles. The second-order valence-electron chi connectivity index (χ2n) is 5.75. The first kappa shape index (κ1) is 13.2. The Morgan fingerprint density at radius 2 is 1.83 bits per heavy atom. The number of fused-ring (bicyclic) bond motifs is 1. The molecular formula is C15H25N3. The quantitative estimate of drug-likeness (QED) is 0.886. The van der Waals surface area contributed by atoms with Crippen molar-refractivity contribution in [1.82, 2.24) is 0 Å². The lowest BCUT2D eigenvalue weighted by atomic mass is 10.0. The molecule has 0 unspecified atom stereocenters. The van der Waals surface area contributed by atoms with Crippen LogP contribution in [0.1, 0.15) is 20.3 Å². The van der Waals surface area contributed by atoms with Gasteiger partial charge in [0.2, 0.25) is 0 Å². The van der Waals surface area contributed by atoms with Crippen molar-refractivity contribution in [1.29, 1.82) is 0 Å². The average Bonchev–Trinajstić information content (AvgIpc) is 2.32. The lowest BCUT2D eigenvalue weighted by Crippen LogP contribution is -2.45. The fourth-order valence-electron chi connectivity index (χ4n) is 2.72. The van der Waals surface area contributed by atoms with E-state index >= 15 is 0 Å². The molecule has 1 aliphatic heterocycles. The summed E-state index contributed by atoms with van der Waals surface area (Å²) in [6.07, 6.45) is 1.09. The second kappa shape index (κ2) is 5.61. The first-order valence-electron chi connectivity index (χ1n) is 6.88. The Morgan fingerprint density at radius 3 is 2.50 bits per heavy atom. The van der Waals surface area contributed by atoms with E-state index in [0.717, 1.165) is 26.1 Å². The molecule has 1 aromatic carbocycles. The second-order valence-corrected chi connectivity index (χ2v) is 5.75. The van der Waals surface area contributed by atoms with Crippen LogP contribution in [-0.4, -0.2) is 32.7 Å². The minimum atomic E-state index is 0.265. The number of hydrogen-bond acceptors (Lipinski definition) is 3. The summed E-state index contributed by atoms with van der Waals surface area (Å²) in [5, 5.41) is 0. The van der Waals surface area contributed by atoms with Crippen LogP contribution >= 0.6 is 0 Å². The summed E-state index contributed by atoms with van der Waals surface area (Å²) in [5.74, 6) is 0.669. The molecule has 0 spiro atoms. The van der Waals surface area contributed by atoms with E-state index < -0.39 is 0 Å². The molecular weight excluding hydrogens is 222 g/mol. The van der Waals surface area contributed by atoms with E-state index in [9.17, 15) is 0 Å². The molecule has 2 rings (SSSR count). The van der Waals surface area contributed by atoms with Gasteiger partial charge in [0.1, 0.15) is 0 Å². The molecule has 0 aliphatic carbocycles. The molecule has 2 N–H and O–H groups in total. The van der Waals surface area contributed by atoms with Crippen molar-refractivity contribution in [2.24, 2.45) is 11.7 Å². The molecule has 18 heavy (non-hydrogen) atoms. The number of hydrogen-bond donors (Lipinski definition) is 1. The summed E-state index contributed by atoms with van der Waals surface area (Å²) in [7, 11) is 2.16. The van der Waals surface area contributed by atoms with Crippen molar-refractivity contribution in [2.45, 2.75) is 26.3 Å². The lowest BCUT2D eigenvalue weighted by Gasteiger charge is -2.38. The number of para-hydroxylation sites is 2. The van der Waals surface area contributed by atoms with Gasteiger partial charge in [0.05, 0.1) is 11.4 Å². The van der Waals surface area contributed by atoms with Crippen molar-refractivity contribution in [2.75, 3.05) is 36.5 Å². The van der Waals surface area contributed by atoms with E-state index in [-0.39, 0.29) is 6.04 Å². The van der Waals surface area contributed by atoms with Crippen LogP contribution in [0, 0.1) is 5.92 Å². The lowest BCUT2D eigenvalue weighted by molar-refractivity contribution is 0.487. The first-order valence-corrected chi connectivity index (χ1v) is 6.88. The minimum Gasteiger partial charge on any atom is -0.371 e. The maximum atomic E-state index is 6.24. The third-order valence-corrected chi connectivity index (χ3v) is 3.57. The number of likely N-dealkylation sites (N-methyl/N-ethyl adjacent to an activating group) is 1. The molecule has 1 aromatic rings. The Morgan fingerprint density at radius 1 is 1.17 bits per heavy atom. The van der Waals surface area contributed by atoms with Gasteiger partial charge < -0.3 is 15.5 Å². The Kier molecular flexibility index (Phi) is 4.12. The highest BCUT2D eigenvalue weighted by Gasteiger charge is 2.21. The number of nitrogens with two attached hydrogens (primary N) is 1. The Hall–Kier alpha value is -1.22. The van der Waals surface area contributed by atoms with Gasteiger partial charge in [-0.1, -0.05) is 26.0 Å². The highest BCUT2D eigenvalue weighted by Crippen LogP contribution is 2.31. The van der Waals surface area contributed by atoms with Crippen LogP contribution < -0.4 is 15.5 Å². The zero-order valence-corrected chi connectivity index (χ0v) is 11.8. The van der Waals surface area contributed by atoms with Crippen LogP contribution in [0.15, 0.2) is 24.3 Å². The molecule has 0 amide bonds. The summed E-state index contributed by atoms with van der Waals surface area (Å²) < 4.78 is 0. The zero-order valence-electron chi connectivity index (χ0n) is 11.8. The van der Waals surface area contributed by atoms with Gasteiger partial charge in [0.25, 0.3) is 0 Å². The van der Waals surface area contributed by atoms with Crippen LogP contribution in [0.4, 0.5) is 11.4 Å². The highest BCUT2D eigenvalue weighted by atomic mass is 15.3. The van der Waals surface area contributed by atoms with E-state index in [1.165, 1.54) is 11.4 Å². The summed E-state index contributed by atoms with van der Waals surface area (Å²) in [4.78, 5) is 4.75. The van der Waals surface area contributed by atoms with Crippen molar-refractivity contribution in [3.8, 4) is 0 Å². The fraction of sp³-hybridized carbons (Fsp3) is 0.600. The van der Waals surface area contributed by atoms with Crippen molar-refractivity contribution in [3.63, 3.8) is 0 Å². The van der Waals surface area contributed by atoms with Crippen LogP contribution in [0.3, 0.4) is 0 Å². The molecule has 0 saturated heterocycles. The number of rotatable bonds is 4. The fourth-order valence-corrected chi connectivity index (χ4v) is 2.72. The van der Waals surface area contributed by atoms with Gasteiger partial charge in [0.15, 0.2) is 0 Å². The maximum absolute atomic E-state index is 6.24. The predicted molar refractivity (Wildman–Crippen MR) is 79.4 cm³/mol. The summed E-state index contributed by atoms with van der Waals surface area (Å²) in [6, 6.07) is 8.87. The largest absolute Gasteiger partial charge is 0.371 e. The monoisotopic (exact) mass is 247 g/mol. The Bertz CT molecular complexity index is 389. The molecule has 100 valence electrons. The molecule has 0 aromatic heterocycles. The standard InChI is InChI=1S/C15H25N3/c1-12(2)10-13(16)11-18-9-8-17(3)14-6-4-5-7-15(14)18/h4-7,12-13H,8-11,16H2,1-3H3/t13-/m0/s1. The Balaban J connectivity index is 2.09. The molecule has 3 nitrogen and oxygen atoms in total. The highest BCUT2D eigenvalue weighted by molar-refractivity contribution is 5.73. The number of benzene rings is 1. The molecule has 0 fully saturated rings. The van der Waals surface area contributed by atoms with E-state index in [1.807, 2.05) is 0 Å². The summed E-state index contributed by atoms with van der Waals surface area (Å²) in [5.41, 5.74) is 8.89. The minimum absolute atomic E-state index is 0.265. The number of nitrogens with zero attached hydrogens (tertiary/aromatic N) is 2. The van der Waals surface area contributed by atoms with Gasteiger partial charge in [-0.15, -0.1) is 0 Å². The van der Waals surface area contributed by atoms with Gasteiger partial charge in [-0.2, -0.15) is 0 Å². The normalized spacial score (nSPS) is 16.9. The van der Waals surface area contributed by atoms with Gasteiger partial charge in [-0.25, -0.2) is 0 Å². The molecule has 1 atom stereocenters. The SMILES string of the molecule is CC(C)C[C@H](N)CN1CCN(C)c2ccccc21. The van der Waals surface area contributed by atoms with E-state index in [2.05, 4.69) is 55.0 Å². The van der Waals surface area contributed by atoms with E-state index in [4.69, 9.17) is 5.73 Å². The average molecular weight is 247 g/mol. The van der Waals surface area contributed by atoms with Gasteiger partial charge in [-0.3, -0.25) is 0 Å². The van der Waals surface area contributed by atoms with Gasteiger partial charge in [-0.05, 0) is 24.5 Å². The summed E-state index contributed by atoms with van der Waals surface area (Å²) >= 11 is 0. The maximum Gasteiger partial charge on any atom is 0.0605 e. The predicted octanol–water partition coefficient (Wildman–Crippen LogP) is 2.32. The van der Waals surface area contributed by atoms with Crippen LogP contribution in [0.5, 0.6) is 0 Å². The third-order valence-electron chi connectivity index (χ3n) is 3.57. The van der Waals surface area contributed by atoms with Gasteiger partial charge in [0, 0.05) is 32.7 Å². The Labute approximate surface area is 111 Å². The topological polar surface area (TPSA) is 32.5 Å². The van der Waals surface area contributed by atoms with Crippen molar-refractivity contribution >= 4 is 11.4 Å². The zero-order chi connectivity index (χ0) is 13.1. The number of anilines is 2.